The molecule has 6 nitrogen and oxygen atoms in total. The van der Waals surface area contributed by atoms with Crippen molar-refractivity contribution in [3.8, 4) is 5.75 Å². The number of rotatable bonds is 7. The first-order valence-electron chi connectivity index (χ1n) is 10.9. The fraction of sp³-hybridized carbons (Fsp3) is 0.458. The summed E-state index contributed by atoms with van der Waals surface area (Å²) in [6, 6.07) is 12.3. The lowest BCUT2D eigenvalue weighted by Gasteiger charge is -2.22. The third-order valence-corrected chi connectivity index (χ3v) is 7.12. The van der Waals surface area contributed by atoms with Crippen LogP contribution >= 0.6 is 0 Å². The minimum Gasteiger partial charge on any atom is -0.496 e. The van der Waals surface area contributed by atoms with Crippen LogP contribution in [0.25, 0.3) is 0 Å². The van der Waals surface area contributed by atoms with E-state index in [4.69, 9.17) is 4.74 Å². The maximum atomic E-state index is 13.1. The monoisotopic (exact) mass is 444 g/mol. The number of carbonyl (C=O) groups is 1. The Morgan fingerprint density at radius 2 is 1.68 bits per heavy atom. The van der Waals surface area contributed by atoms with Crippen molar-refractivity contribution in [2.75, 3.05) is 20.2 Å². The summed E-state index contributed by atoms with van der Waals surface area (Å²) >= 11 is 0. The summed E-state index contributed by atoms with van der Waals surface area (Å²) in [6.45, 7) is 5.78. The van der Waals surface area contributed by atoms with Crippen LogP contribution in [0.1, 0.15) is 66.9 Å². The van der Waals surface area contributed by atoms with Crippen LogP contribution in [0.5, 0.6) is 5.75 Å². The van der Waals surface area contributed by atoms with Crippen LogP contribution in [-0.4, -0.2) is 39.4 Å². The number of carbonyl (C=O) groups excluding carboxylic acids is 1. The Morgan fingerprint density at radius 1 is 1.03 bits per heavy atom. The zero-order valence-corrected chi connectivity index (χ0v) is 19.4. The second kappa shape index (κ2) is 10.3. The molecule has 1 aliphatic rings. The predicted molar refractivity (Wildman–Crippen MR) is 122 cm³/mol. The number of likely N-dealkylation sites (tertiary alicyclic amines) is 1. The van der Waals surface area contributed by atoms with Gasteiger partial charge in [-0.25, -0.2) is 13.1 Å². The molecule has 0 aliphatic carbocycles. The van der Waals surface area contributed by atoms with Crippen LogP contribution < -0.4 is 9.46 Å². The summed E-state index contributed by atoms with van der Waals surface area (Å²) in [5.41, 5.74) is 2.37. The van der Waals surface area contributed by atoms with Gasteiger partial charge in [0.1, 0.15) is 5.75 Å². The van der Waals surface area contributed by atoms with E-state index in [9.17, 15) is 13.2 Å². The minimum absolute atomic E-state index is 0.0604. The fourth-order valence-electron chi connectivity index (χ4n) is 3.75. The van der Waals surface area contributed by atoms with Crippen molar-refractivity contribution < 1.29 is 17.9 Å². The van der Waals surface area contributed by atoms with Gasteiger partial charge in [0.15, 0.2) is 0 Å². The van der Waals surface area contributed by atoms with Crippen molar-refractivity contribution in [2.45, 2.75) is 56.9 Å². The average molecular weight is 445 g/mol. The van der Waals surface area contributed by atoms with E-state index in [0.29, 0.717) is 24.8 Å². The number of hydrogen-bond acceptors (Lipinski definition) is 4. The van der Waals surface area contributed by atoms with Crippen molar-refractivity contribution in [3.63, 3.8) is 0 Å². The number of nitrogens with one attached hydrogen (secondary N) is 1. The van der Waals surface area contributed by atoms with Gasteiger partial charge in [-0.05, 0) is 48.1 Å². The highest BCUT2D eigenvalue weighted by Gasteiger charge is 2.24. The molecule has 2 aromatic carbocycles. The van der Waals surface area contributed by atoms with Crippen molar-refractivity contribution in [2.24, 2.45) is 0 Å². The summed E-state index contributed by atoms with van der Waals surface area (Å²) < 4.78 is 33.8. The van der Waals surface area contributed by atoms with Crippen LogP contribution in [0.2, 0.25) is 0 Å². The van der Waals surface area contributed by atoms with Crippen LogP contribution in [0, 0.1) is 0 Å². The molecule has 3 rings (SSSR count). The van der Waals surface area contributed by atoms with Crippen LogP contribution in [0.4, 0.5) is 0 Å². The molecule has 1 heterocycles. The van der Waals surface area contributed by atoms with Crippen LogP contribution in [-0.2, 0) is 16.6 Å². The Hall–Kier alpha value is -2.38. The molecule has 0 unspecified atom stereocenters. The standard InChI is InChI=1S/C24H32N2O4S/c1-18(2)20-10-8-19(9-11-20)17-25-31(28,29)21-12-13-23(30-3)22(16-21)24(27)26-14-6-4-5-7-15-26/h8-13,16,18,25H,4-7,14-15,17H2,1-3H3. The second-order valence-electron chi connectivity index (χ2n) is 8.29. The minimum atomic E-state index is -3.78. The number of sulfonamides is 1. The molecule has 1 amide bonds. The molecule has 1 aliphatic heterocycles. The normalized spacial score (nSPS) is 15.0. The summed E-state index contributed by atoms with van der Waals surface area (Å²) in [5, 5.41) is 0. The lowest BCUT2D eigenvalue weighted by Crippen LogP contribution is -2.32. The lowest BCUT2D eigenvalue weighted by atomic mass is 10.0. The van der Waals surface area contributed by atoms with Crippen molar-refractivity contribution in [1.82, 2.24) is 9.62 Å². The zero-order valence-electron chi connectivity index (χ0n) is 18.6. The van der Waals surface area contributed by atoms with Gasteiger partial charge in [0.2, 0.25) is 10.0 Å². The molecule has 2 aromatic rings. The summed E-state index contributed by atoms with van der Waals surface area (Å²) in [5.74, 6) is 0.628. The largest absolute Gasteiger partial charge is 0.496 e. The summed E-state index contributed by atoms with van der Waals surface area (Å²) in [7, 11) is -2.29. The number of amides is 1. The molecule has 0 spiro atoms. The molecular formula is C24H32N2O4S. The number of benzene rings is 2. The van der Waals surface area contributed by atoms with Gasteiger partial charge in [-0.15, -0.1) is 0 Å². The third-order valence-electron chi connectivity index (χ3n) is 5.72. The topological polar surface area (TPSA) is 75.7 Å². The van der Waals surface area contributed by atoms with Gasteiger partial charge in [-0.3, -0.25) is 4.79 Å². The molecule has 7 heteroatoms. The zero-order chi connectivity index (χ0) is 22.4. The van der Waals surface area contributed by atoms with Gasteiger partial charge in [-0.2, -0.15) is 0 Å². The molecular weight excluding hydrogens is 412 g/mol. The molecule has 1 fully saturated rings. The van der Waals surface area contributed by atoms with Gasteiger partial charge in [-0.1, -0.05) is 51.0 Å². The number of methoxy groups -OCH3 is 1. The van der Waals surface area contributed by atoms with Gasteiger partial charge in [0.25, 0.3) is 5.91 Å². The number of ether oxygens (including phenoxy) is 1. The molecule has 1 saturated heterocycles. The molecule has 0 radical (unpaired) electrons. The SMILES string of the molecule is COc1ccc(S(=O)(=O)NCc2ccc(C(C)C)cc2)cc1C(=O)N1CCCCCC1. The van der Waals surface area contributed by atoms with Crippen LogP contribution in [0.15, 0.2) is 47.4 Å². The van der Waals surface area contributed by atoms with Crippen LogP contribution in [0.3, 0.4) is 0 Å². The molecule has 0 saturated carbocycles. The maximum absolute atomic E-state index is 13.1. The van der Waals surface area contributed by atoms with Crippen molar-refractivity contribution in [3.05, 3.63) is 59.2 Å². The fourth-order valence-corrected chi connectivity index (χ4v) is 4.79. The quantitative estimate of drug-likeness (QED) is 0.690. The van der Waals surface area contributed by atoms with E-state index in [2.05, 4.69) is 18.6 Å². The Balaban J connectivity index is 1.79. The predicted octanol–water partition coefficient (Wildman–Crippen LogP) is 4.31. The first-order chi connectivity index (χ1) is 14.8. The first-order valence-corrected chi connectivity index (χ1v) is 12.4. The molecule has 0 aromatic heterocycles. The van der Waals surface area contributed by atoms with E-state index in [1.807, 2.05) is 24.3 Å². The Kier molecular flexibility index (Phi) is 7.73. The first kappa shape index (κ1) is 23.3. The van der Waals surface area contributed by atoms with E-state index in [0.717, 1.165) is 31.2 Å². The highest BCUT2D eigenvalue weighted by Crippen LogP contribution is 2.25. The van der Waals surface area contributed by atoms with E-state index < -0.39 is 10.0 Å². The van der Waals surface area contributed by atoms with E-state index in [-0.39, 0.29) is 22.9 Å². The Bertz CT molecular complexity index is 993. The molecule has 31 heavy (non-hydrogen) atoms. The Morgan fingerprint density at radius 3 is 2.26 bits per heavy atom. The Labute approximate surface area is 185 Å². The maximum Gasteiger partial charge on any atom is 0.257 e. The number of nitrogens with zero attached hydrogens (tertiary/aromatic N) is 1. The number of hydrogen-bond donors (Lipinski definition) is 1. The molecule has 168 valence electrons. The average Bonchev–Trinajstić information content (AvgIpc) is 3.06. The van der Waals surface area contributed by atoms with E-state index >= 15 is 0 Å². The second-order valence-corrected chi connectivity index (χ2v) is 10.1. The van der Waals surface area contributed by atoms with Crippen molar-refractivity contribution >= 4 is 15.9 Å². The summed E-state index contributed by atoms with van der Waals surface area (Å²) in [4.78, 5) is 15.0. The molecule has 1 N–H and O–H groups in total. The van der Waals surface area contributed by atoms with E-state index in [1.165, 1.54) is 24.8 Å². The van der Waals surface area contributed by atoms with Gasteiger partial charge < -0.3 is 9.64 Å². The smallest absolute Gasteiger partial charge is 0.257 e. The summed E-state index contributed by atoms with van der Waals surface area (Å²) in [6.07, 6.45) is 4.14. The lowest BCUT2D eigenvalue weighted by molar-refractivity contribution is 0.0758. The van der Waals surface area contributed by atoms with Gasteiger partial charge in [0, 0.05) is 19.6 Å². The van der Waals surface area contributed by atoms with Gasteiger partial charge in [0.05, 0.1) is 17.6 Å². The third kappa shape index (κ3) is 5.86. The highest BCUT2D eigenvalue weighted by atomic mass is 32.2. The van der Waals surface area contributed by atoms with E-state index in [1.54, 1.807) is 11.0 Å². The van der Waals surface area contributed by atoms with Crippen molar-refractivity contribution in [1.29, 1.82) is 0 Å². The molecule has 0 bridgehead atoms. The molecule has 0 atom stereocenters. The highest BCUT2D eigenvalue weighted by molar-refractivity contribution is 7.89. The van der Waals surface area contributed by atoms with Gasteiger partial charge >= 0.3 is 0 Å².